The Bertz CT molecular complexity index is 681. The molecule has 0 fully saturated rings. The summed E-state index contributed by atoms with van der Waals surface area (Å²) in [6.45, 7) is 1.54. The predicted octanol–water partition coefficient (Wildman–Crippen LogP) is 1.36. The summed E-state index contributed by atoms with van der Waals surface area (Å²) in [5.74, 6) is -1.14. The molecule has 0 spiro atoms. The van der Waals surface area contributed by atoms with Crippen molar-refractivity contribution in [2.24, 2.45) is 0 Å². The molecule has 3 N–H and O–H groups in total. The number of phenols is 1. The van der Waals surface area contributed by atoms with E-state index in [0.717, 1.165) is 18.3 Å². The Kier molecular flexibility index (Phi) is 2.95. The van der Waals surface area contributed by atoms with Crippen LogP contribution in [0.5, 0.6) is 5.75 Å². The number of H-pyrrole nitrogens is 1. The molecule has 6 nitrogen and oxygen atoms in total. The van der Waals surface area contributed by atoms with Crippen LogP contribution < -0.4 is 4.72 Å². The van der Waals surface area contributed by atoms with Crippen LogP contribution in [0.4, 0.5) is 10.1 Å². The van der Waals surface area contributed by atoms with E-state index in [1.54, 1.807) is 0 Å². The maximum absolute atomic E-state index is 13.4. The largest absolute Gasteiger partial charge is 0.508 e. The molecule has 1 aromatic heterocycles. The van der Waals surface area contributed by atoms with Gasteiger partial charge in [-0.05, 0) is 19.1 Å². The molecule has 0 saturated carbocycles. The molecule has 0 atom stereocenters. The van der Waals surface area contributed by atoms with E-state index in [0.29, 0.717) is 5.69 Å². The van der Waals surface area contributed by atoms with Gasteiger partial charge in [-0.2, -0.15) is 5.10 Å². The standard InChI is InChI=1S/C10H10FN3O3S/c1-6-10(5-12-13-6)18(16,17)14-9-3-2-7(15)4-8(9)11/h2-5,14-15H,1H3,(H,12,13). The highest BCUT2D eigenvalue weighted by molar-refractivity contribution is 7.92. The van der Waals surface area contributed by atoms with Crippen LogP contribution in [0.15, 0.2) is 29.3 Å². The Labute approximate surface area is 103 Å². The van der Waals surface area contributed by atoms with Crippen LogP contribution in [0, 0.1) is 12.7 Å². The van der Waals surface area contributed by atoms with Gasteiger partial charge < -0.3 is 5.11 Å². The van der Waals surface area contributed by atoms with Gasteiger partial charge >= 0.3 is 0 Å². The van der Waals surface area contributed by atoms with Gasteiger partial charge in [0.2, 0.25) is 0 Å². The summed E-state index contributed by atoms with van der Waals surface area (Å²) < 4.78 is 39.3. The second-order valence-electron chi connectivity index (χ2n) is 3.63. The number of benzene rings is 1. The Morgan fingerprint density at radius 2 is 2.17 bits per heavy atom. The van der Waals surface area contributed by atoms with Gasteiger partial charge in [0.1, 0.15) is 10.6 Å². The number of aryl methyl sites for hydroxylation is 1. The van der Waals surface area contributed by atoms with E-state index in [1.807, 2.05) is 0 Å². The Hall–Kier alpha value is -2.09. The predicted molar refractivity (Wildman–Crippen MR) is 62.2 cm³/mol. The van der Waals surface area contributed by atoms with Gasteiger partial charge in [-0.1, -0.05) is 0 Å². The number of halogens is 1. The third kappa shape index (κ3) is 2.28. The van der Waals surface area contributed by atoms with E-state index in [9.17, 15) is 12.8 Å². The molecular formula is C10H10FN3O3S. The minimum absolute atomic E-state index is 0.0602. The second kappa shape index (κ2) is 4.30. The normalized spacial score (nSPS) is 11.4. The molecular weight excluding hydrogens is 261 g/mol. The van der Waals surface area contributed by atoms with Gasteiger partial charge in [-0.25, -0.2) is 12.8 Å². The fourth-order valence-corrected chi connectivity index (χ4v) is 2.60. The van der Waals surface area contributed by atoms with Crippen molar-refractivity contribution in [1.29, 1.82) is 0 Å². The number of aromatic hydroxyl groups is 1. The van der Waals surface area contributed by atoms with Crippen molar-refractivity contribution in [2.75, 3.05) is 4.72 Å². The number of nitrogens with one attached hydrogen (secondary N) is 2. The lowest BCUT2D eigenvalue weighted by atomic mass is 10.3. The smallest absolute Gasteiger partial charge is 0.265 e. The SMILES string of the molecule is Cc1[nH]ncc1S(=O)(=O)Nc1ccc(O)cc1F. The maximum atomic E-state index is 13.4. The highest BCUT2D eigenvalue weighted by Gasteiger charge is 2.20. The van der Waals surface area contributed by atoms with Crippen LogP contribution in [0.1, 0.15) is 5.69 Å². The fraction of sp³-hybridized carbons (Fsp3) is 0.100. The van der Waals surface area contributed by atoms with Crippen LogP contribution in [0.2, 0.25) is 0 Å². The zero-order valence-electron chi connectivity index (χ0n) is 9.31. The van der Waals surface area contributed by atoms with Crippen molar-refractivity contribution in [3.05, 3.63) is 35.9 Å². The molecule has 0 unspecified atom stereocenters. The fourth-order valence-electron chi connectivity index (χ4n) is 1.40. The van der Waals surface area contributed by atoms with Crippen LogP contribution in [0.3, 0.4) is 0 Å². The van der Waals surface area contributed by atoms with Crippen LogP contribution in [0.25, 0.3) is 0 Å². The van der Waals surface area contributed by atoms with Gasteiger partial charge in [-0.3, -0.25) is 9.82 Å². The third-order valence-electron chi connectivity index (χ3n) is 2.27. The lowest BCUT2D eigenvalue weighted by Crippen LogP contribution is -2.14. The number of hydrogen-bond donors (Lipinski definition) is 3. The van der Waals surface area contributed by atoms with E-state index in [-0.39, 0.29) is 16.3 Å². The van der Waals surface area contributed by atoms with Gasteiger partial charge in [0.15, 0.2) is 5.82 Å². The zero-order chi connectivity index (χ0) is 13.3. The second-order valence-corrected chi connectivity index (χ2v) is 5.28. The summed E-state index contributed by atoms with van der Waals surface area (Å²) in [5, 5.41) is 15.1. The molecule has 2 aromatic rings. The number of rotatable bonds is 3. The Morgan fingerprint density at radius 1 is 1.44 bits per heavy atom. The summed E-state index contributed by atoms with van der Waals surface area (Å²) >= 11 is 0. The number of aromatic amines is 1. The van der Waals surface area contributed by atoms with E-state index in [4.69, 9.17) is 5.11 Å². The summed E-state index contributed by atoms with van der Waals surface area (Å²) in [6, 6.07) is 3.14. The Balaban J connectivity index is 2.37. The zero-order valence-corrected chi connectivity index (χ0v) is 10.1. The van der Waals surface area contributed by atoms with Gasteiger partial charge in [-0.15, -0.1) is 0 Å². The first-order valence-electron chi connectivity index (χ1n) is 4.91. The third-order valence-corrected chi connectivity index (χ3v) is 3.75. The van der Waals surface area contributed by atoms with Crippen molar-refractivity contribution in [3.63, 3.8) is 0 Å². The van der Waals surface area contributed by atoms with Crippen molar-refractivity contribution in [1.82, 2.24) is 10.2 Å². The topological polar surface area (TPSA) is 95.1 Å². The van der Waals surface area contributed by atoms with E-state index >= 15 is 0 Å². The maximum Gasteiger partial charge on any atom is 0.265 e. The molecule has 96 valence electrons. The summed E-state index contributed by atoms with van der Waals surface area (Å²) in [6.07, 6.45) is 1.13. The average Bonchev–Trinajstić information content (AvgIpc) is 2.69. The van der Waals surface area contributed by atoms with E-state index < -0.39 is 15.8 Å². The first kappa shape index (κ1) is 12.4. The van der Waals surface area contributed by atoms with Gasteiger partial charge in [0, 0.05) is 6.07 Å². The van der Waals surface area contributed by atoms with Crippen LogP contribution in [-0.4, -0.2) is 23.7 Å². The summed E-state index contributed by atoms with van der Waals surface area (Å²) in [5.41, 5.74) is 0.107. The van der Waals surface area contributed by atoms with Crippen LogP contribution in [-0.2, 0) is 10.0 Å². The number of hydrogen-bond acceptors (Lipinski definition) is 4. The molecule has 18 heavy (non-hydrogen) atoms. The molecule has 0 aliphatic carbocycles. The minimum atomic E-state index is -3.90. The van der Waals surface area contributed by atoms with Crippen molar-refractivity contribution in [3.8, 4) is 5.75 Å². The highest BCUT2D eigenvalue weighted by atomic mass is 32.2. The van der Waals surface area contributed by atoms with Crippen molar-refractivity contribution in [2.45, 2.75) is 11.8 Å². The van der Waals surface area contributed by atoms with Gasteiger partial charge in [0.05, 0.1) is 17.6 Å². The average molecular weight is 271 g/mol. The summed E-state index contributed by atoms with van der Waals surface area (Å²) in [7, 11) is -3.90. The Morgan fingerprint density at radius 3 is 2.72 bits per heavy atom. The lowest BCUT2D eigenvalue weighted by molar-refractivity contribution is 0.469. The van der Waals surface area contributed by atoms with E-state index in [2.05, 4.69) is 14.9 Å². The molecule has 0 radical (unpaired) electrons. The van der Waals surface area contributed by atoms with Crippen molar-refractivity contribution >= 4 is 15.7 Å². The minimum Gasteiger partial charge on any atom is -0.508 e. The molecule has 8 heteroatoms. The summed E-state index contributed by atoms with van der Waals surface area (Å²) in [4.78, 5) is -0.0602. The number of phenolic OH excluding ortho intramolecular Hbond substituents is 1. The van der Waals surface area contributed by atoms with Crippen molar-refractivity contribution < 1.29 is 17.9 Å². The molecule has 0 saturated heterocycles. The first-order valence-corrected chi connectivity index (χ1v) is 6.40. The molecule has 1 aromatic carbocycles. The highest BCUT2D eigenvalue weighted by Crippen LogP contribution is 2.23. The van der Waals surface area contributed by atoms with E-state index in [1.165, 1.54) is 13.0 Å². The van der Waals surface area contributed by atoms with Crippen LogP contribution >= 0.6 is 0 Å². The molecule has 0 amide bonds. The molecule has 0 bridgehead atoms. The number of anilines is 1. The number of aromatic nitrogens is 2. The molecule has 1 heterocycles. The monoisotopic (exact) mass is 271 g/mol. The lowest BCUT2D eigenvalue weighted by Gasteiger charge is -2.08. The first-order chi connectivity index (χ1) is 8.40. The molecule has 2 rings (SSSR count). The van der Waals surface area contributed by atoms with Gasteiger partial charge in [0.25, 0.3) is 10.0 Å². The quantitative estimate of drug-likeness (QED) is 0.734. The molecule has 0 aliphatic rings. The number of nitrogens with zero attached hydrogens (tertiary/aromatic N) is 1. The molecule has 0 aliphatic heterocycles. The number of sulfonamides is 1.